The van der Waals surface area contributed by atoms with Crippen LogP contribution in [0.1, 0.15) is 16.8 Å². The van der Waals surface area contributed by atoms with Gasteiger partial charge in [0.25, 0.3) is 5.91 Å². The predicted octanol–water partition coefficient (Wildman–Crippen LogP) is 0.965. The number of amides is 1. The van der Waals surface area contributed by atoms with E-state index in [2.05, 4.69) is 20.4 Å². The standard InChI is InChI=1S/C17H23N5O2/c1-24-8-7-21-6-5-14(11-21)10-18-17(23)15-3-2-4-16(9-15)22-12-19-20-13-22/h2-4,9,12-14H,5-8,10-11H2,1H3,(H,18,23)/t14-/m1/s1. The van der Waals surface area contributed by atoms with E-state index in [4.69, 9.17) is 4.74 Å². The number of nitrogens with one attached hydrogen (secondary N) is 1. The third-order valence-corrected chi connectivity index (χ3v) is 4.36. The van der Waals surface area contributed by atoms with Gasteiger partial charge in [0, 0.05) is 38.0 Å². The smallest absolute Gasteiger partial charge is 0.251 e. The Labute approximate surface area is 141 Å². The Hall–Kier alpha value is -2.25. The lowest BCUT2D eigenvalue weighted by atomic mass is 10.1. The molecular formula is C17H23N5O2. The number of benzene rings is 1. The van der Waals surface area contributed by atoms with Gasteiger partial charge in [0.05, 0.1) is 6.61 Å². The molecule has 1 aliphatic heterocycles. The van der Waals surface area contributed by atoms with Crippen molar-refractivity contribution in [2.24, 2.45) is 5.92 Å². The van der Waals surface area contributed by atoms with Crippen molar-refractivity contribution in [1.82, 2.24) is 25.0 Å². The molecule has 1 saturated heterocycles. The fourth-order valence-electron chi connectivity index (χ4n) is 2.98. The normalized spacial score (nSPS) is 18.0. The molecule has 1 amide bonds. The SMILES string of the molecule is COCCN1CC[C@H](CNC(=O)c2cccc(-n3cnnc3)c2)C1. The number of likely N-dealkylation sites (tertiary alicyclic amines) is 1. The first-order valence-corrected chi connectivity index (χ1v) is 8.21. The molecule has 24 heavy (non-hydrogen) atoms. The first-order valence-electron chi connectivity index (χ1n) is 8.21. The van der Waals surface area contributed by atoms with Gasteiger partial charge in [0.2, 0.25) is 0 Å². The number of methoxy groups -OCH3 is 1. The molecule has 128 valence electrons. The van der Waals surface area contributed by atoms with E-state index in [0.717, 1.165) is 38.3 Å². The van der Waals surface area contributed by atoms with Crippen LogP contribution in [0.15, 0.2) is 36.9 Å². The number of carbonyl (C=O) groups is 1. The number of nitrogens with zero attached hydrogens (tertiary/aromatic N) is 4. The van der Waals surface area contributed by atoms with Crippen molar-refractivity contribution >= 4 is 5.91 Å². The molecule has 2 aromatic rings. The average molecular weight is 329 g/mol. The molecule has 3 rings (SSSR count). The van der Waals surface area contributed by atoms with E-state index in [1.54, 1.807) is 24.3 Å². The molecule has 1 N–H and O–H groups in total. The van der Waals surface area contributed by atoms with Crippen molar-refractivity contribution < 1.29 is 9.53 Å². The zero-order valence-electron chi connectivity index (χ0n) is 13.9. The highest BCUT2D eigenvalue weighted by Crippen LogP contribution is 2.15. The van der Waals surface area contributed by atoms with Gasteiger partial charge in [-0.25, -0.2) is 0 Å². The van der Waals surface area contributed by atoms with E-state index in [1.807, 2.05) is 24.3 Å². The molecule has 0 radical (unpaired) electrons. The van der Waals surface area contributed by atoms with Gasteiger partial charge >= 0.3 is 0 Å². The molecule has 0 aliphatic carbocycles. The predicted molar refractivity (Wildman–Crippen MR) is 90.1 cm³/mol. The Kier molecular flexibility index (Phi) is 5.55. The van der Waals surface area contributed by atoms with Crippen LogP contribution in [0.2, 0.25) is 0 Å². The molecule has 7 nitrogen and oxygen atoms in total. The van der Waals surface area contributed by atoms with E-state index in [-0.39, 0.29) is 5.91 Å². The number of carbonyl (C=O) groups excluding carboxylic acids is 1. The van der Waals surface area contributed by atoms with Gasteiger partial charge in [-0.2, -0.15) is 0 Å². The van der Waals surface area contributed by atoms with Gasteiger partial charge < -0.3 is 15.0 Å². The highest BCUT2D eigenvalue weighted by molar-refractivity contribution is 5.94. The summed E-state index contributed by atoms with van der Waals surface area (Å²) in [4.78, 5) is 14.8. The molecule has 1 aromatic heterocycles. The van der Waals surface area contributed by atoms with Crippen molar-refractivity contribution in [3.05, 3.63) is 42.5 Å². The molecule has 2 heterocycles. The van der Waals surface area contributed by atoms with E-state index in [0.29, 0.717) is 18.0 Å². The Bertz CT molecular complexity index is 659. The molecule has 7 heteroatoms. The summed E-state index contributed by atoms with van der Waals surface area (Å²) in [5.41, 5.74) is 1.52. The molecule has 1 aromatic carbocycles. The van der Waals surface area contributed by atoms with Gasteiger partial charge in [-0.3, -0.25) is 9.36 Å². The number of aromatic nitrogens is 3. The Balaban J connectivity index is 1.52. The largest absolute Gasteiger partial charge is 0.383 e. The van der Waals surface area contributed by atoms with Crippen LogP contribution in [0.5, 0.6) is 0 Å². The second kappa shape index (κ2) is 8.03. The van der Waals surface area contributed by atoms with Crippen LogP contribution in [0.4, 0.5) is 0 Å². The molecule has 1 aliphatic rings. The van der Waals surface area contributed by atoms with Gasteiger partial charge in [-0.15, -0.1) is 10.2 Å². The Morgan fingerprint density at radius 1 is 1.38 bits per heavy atom. The van der Waals surface area contributed by atoms with E-state index < -0.39 is 0 Å². The third kappa shape index (κ3) is 4.18. The average Bonchev–Trinajstić information content (AvgIpc) is 3.30. The Morgan fingerprint density at radius 2 is 2.21 bits per heavy atom. The summed E-state index contributed by atoms with van der Waals surface area (Å²) < 4.78 is 6.89. The van der Waals surface area contributed by atoms with E-state index in [1.165, 1.54) is 0 Å². The number of ether oxygens (including phenoxy) is 1. The third-order valence-electron chi connectivity index (χ3n) is 4.36. The molecule has 0 bridgehead atoms. The monoisotopic (exact) mass is 329 g/mol. The molecule has 1 atom stereocenters. The van der Waals surface area contributed by atoms with Gasteiger partial charge in [-0.05, 0) is 37.1 Å². The maximum atomic E-state index is 12.4. The minimum Gasteiger partial charge on any atom is -0.383 e. The molecule has 1 fully saturated rings. The summed E-state index contributed by atoms with van der Waals surface area (Å²) in [6.45, 7) is 4.52. The lowest BCUT2D eigenvalue weighted by molar-refractivity contribution is 0.0946. The Morgan fingerprint density at radius 3 is 3.00 bits per heavy atom. The topological polar surface area (TPSA) is 72.3 Å². The van der Waals surface area contributed by atoms with Crippen LogP contribution in [0, 0.1) is 5.92 Å². The molecule has 0 saturated carbocycles. The van der Waals surface area contributed by atoms with Crippen LogP contribution in [0.25, 0.3) is 5.69 Å². The maximum absolute atomic E-state index is 12.4. The zero-order valence-corrected chi connectivity index (χ0v) is 13.9. The summed E-state index contributed by atoms with van der Waals surface area (Å²) in [7, 11) is 1.72. The van der Waals surface area contributed by atoms with Crippen molar-refractivity contribution in [3.8, 4) is 5.69 Å². The van der Waals surface area contributed by atoms with Crippen LogP contribution < -0.4 is 5.32 Å². The second-order valence-corrected chi connectivity index (χ2v) is 6.08. The minimum absolute atomic E-state index is 0.0414. The number of hydrogen-bond donors (Lipinski definition) is 1. The van der Waals surface area contributed by atoms with Crippen molar-refractivity contribution in [2.45, 2.75) is 6.42 Å². The number of rotatable bonds is 7. The maximum Gasteiger partial charge on any atom is 0.251 e. The van der Waals surface area contributed by atoms with Crippen molar-refractivity contribution in [2.75, 3.05) is 39.9 Å². The van der Waals surface area contributed by atoms with E-state index in [9.17, 15) is 4.79 Å². The van der Waals surface area contributed by atoms with Crippen molar-refractivity contribution in [1.29, 1.82) is 0 Å². The van der Waals surface area contributed by atoms with Gasteiger partial charge in [-0.1, -0.05) is 6.07 Å². The summed E-state index contributed by atoms with van der Waals surface area (Å²) in [6, 6.07) is 7.46. The summed E-state index contributed by atoms with van der Waals surface area (Å²) >= 11 is 0. The van der Waals surface area contributed by atoms with Crippen LogP contribution in [0.3, 0.4) is 0 Å². The summed E-state index contributed by atoms with van der Waals surface area (Å²) in [5.74, 6) is 0.465. The zero-order chi connectivity index (χ0) is 16.8. The summed E-state index contributed by atoms with van der Waals surface area (Å²) in [6.07, 6.45) is 4.35. The highest BCUT2D eigenvalue weighted by atomic mass is 16.5. The van der Waals surface area contributed by atoms with Gasteiger partial charge in [0.1, 0.15) is 12.7 Å². The van der Waals surface area contributed by atoms with Crippen molar-refractivity contribution in [3.63, 3.8) is 0 Å². The quantitative estimate of drug-likeness (QED) is 0.819. The first-order chi connectivity index (χ1) is 11.8. The fourth-order valence-corrected chi connectivity index (χ4v) is 2.98. The number of hydrogen-bond acceptors (Lipinski definition) is 5. The van der Waals surface area contributed by atoms with Crippen LogP contribution in [-0.4, -0.2) is 65.5 Å². The summed E-state index contributed by atoms with van der Waals surface area (Å²) in [5, 5.41) is 10.6. The van der Waals surface area contributed by atoms with Crippen LogP contribution >= 0.6 is 0 Å². The molecule has 0 spiro atoms. The molecule has 0 unspecified atom stereocenters. The van der Waals surface area contributed by atoms with Crippen LogP contribution in [-0.2, 0) is 4.74 Å². The van der Waals surface area contributed by atoms with E-state index >= 15 is 0 Å². The molecular weight excluding hydrogens is 306 g/mol. The lowest BCUT2D eigenvalue weighted by Crippen LogP contribution is -2.31. The minimum atomic E-state index is -0.0414. The second-order valence-electron chi connectivity index (χ2n) is 6.08. The lowest BCUT2D eigenvalue weighted by Gasteiger charge is -2.15. The first kappa shape index (κ1) is 16.6. The highest BCUT2D eigenvalue weighted by Gasteiger charge is 2.22. The van der Waals surface area contributed by atoms with Gasteiger partial charge in [0.15, 0.2) is 0 Å². The fraction of sp³-hybridized carbons (Fsp3) is 0.471.